The lowest BCUT2D eigenvalue weighted by molar-refractivity contribution is -0.00783. The molecule has 0 atom stereocenters. The second-order valence-electron chi connectivity index (χ2n) is 29.0. The van der Waals surface area contributed by atoms with E-state index in [1.807, 2.05) is 0 Å². The van der Waals surface area contributed by atoms with Gasteiger partial charge in [0.15, 0.2) is 0 Å². The highest BCUT2D eigenvalue weighted by molar-refractivity contribution is 7.02. The fourth-order valence-corrected chi connectivity index (χ4v) is 19.7. The van der Waals surface area contributed by atoms with Crippen LogP contribution in [0.3, 0.4) is 0 Å². The van der Waals surface area contributed by atoms with Crippen molar-refractivity contribution < 1.29 is 0 Å². The lowest BCUT2D eigenvalue weighted by Gasteiger charge is -2.59. The first-order valence-electron chi connectivity index (χ1n) is 29.3. The van der Waals surface area contributed by atoms with Crippen LogP contribution >= 0.6 is 0 Å². The molecule has 8 bridgehead atoms. The molecule has 0 saturated heterocycles. The van der Waals surface area contributed by atoms with Gasteiger partial charge in [0.05, 0.1) is 0 Å². The van der Waals surface area contributed by atoms with Crippen molar-refractivity contribution in [2.75, 3.05) is 4.90 Å². The number of nitrogens with zero attached hydrogens (tertiary/aromatic N) is 1. The van der Waals surface area contributed by atoms with Gasteiger partial charge in [-0.2, -0.15) is 0 Å². The van der Waals surface area contributed by atoms with E-state index in [4.69, 9.17) is 0 Å². The van der Waals surface area contributed by atoms with Gasteiger partial charge in [-0.1, -0.05) is 165 Å². The zero-order chi connectivity index (χ0) is 50.4. The summed E-state index contributed by atoms with van der Waals surface area (Å²) in [5, 5.41) is 0. The Morgan fingerprint density at radius 1 is 0.425 bits per heavy atom. The van der Waals surface area contributed by atoms with Gasteiger partial charge in [0.1, 0.15) is 0 Å². The summed E-state index contributed by atoms with van der Waals surface area (Å²) in [5.74, 6) is 5.31. The Morgan fingerprint density at radius 2 is 0.767 bits per heavy atom. The first kappa shape index (κ1) is 46.8. The van der Waals surface area contributed by atoms with E-state index >= 15 is 0 Å². The number of hydrogen-bond donors (Lipinski definition) is 0. The normalized spacial score (nSPS) is 28.2. The molecule has 10 aliphatic rings. The molecule has 8 aliphatic carbocycles. The largest absolute Gasteiger partial charge is 0.313 e. The second kappa shape index (κ2) is 15.9. The van der Waals surface area contributed by atoms with Crippen molar-refractivity contribution in [2.24, 2.45) is 35.5 Å². The maximum atomic E-state index is 2.85. The molecule has 8 saturated carbocycles. The van der Waals surface area contributed by atoms with E-state index in [1.165, 1.54) is 177 Å². The van der Waals surface area contributed by atoms with Crippen molar-refractivity contribution in [2.45, 2.75) is 182 Å². The SMILES string of the molecule is Cc1cc(C)c(B2c3cc(C(C)(C)C)ccc3N3c4ccc(C(C)(C)C)cc4B(c4c(C)cc(C)cc4C)c4cc(-c5c(C67CC8CC(CC(C8)C6)C7)cccc5C56CC7CC(CC(C7)C5)C6)cc2c43)c(C)c1. The summed E-state index contributed by atoms with van der Waals surface area (Å²) in [7, 11) is 0. The molecule has 0 unspecified atom stereocenters. The van der Waals surface area contributed by atoms with Gasteiger partial charge >= 0.3 is 0 Å². The zero-order valence-electron chi connectivity index (χ0n) is 46.7. The molecule has 0 amide bonds. The third-order valence-electron chi connectivity index (χ3n) is 21.5. The fraction of sp³-hybridized carbons (Fsp3) is 0.486. The van der Waals surface area contributed by atoms with E-state index in [0.717, 1.165) is 35.5 Å². The van der Waals surface area contributed by atoms with Crippen LogP contribution in [-0.2, 0) is 21.7 Å². The molecule has 372 valence electrons. The van der Waals surface area contributed by atoms with Crippen molar-refractivity contribution >= 4 is 63.3 Å². The predicted molar refractivity (Wildman–Crippen MR) is 314 cm³/mol. The molecule has 0 aromatic heterocycles. The first-order valence-corrected chi connectivity index (χ1v) is 29.3. The summed E-state index contributed by atoms with van der Waals surface area (Å²) in [5.41, 5.74) is 31.5. The van der Waals surface area contributed by atoms with Crippen LogP contribution in [0.1, 0.15) is 174 Å². The maximum absolute atomic E-state index is 2.85. The topological polar surface area (TPSA) is 3.24 Å². The Balaban J connectivity index is 1.14. The average Bonchev–Trinajstić information content (AvgIpc) is 3.30. The number of benzene rings is 6. The Hall–Kier alpha value is -4.75. The van der Waals surface area contributed by atoms with Crippen LogP contribution < -0.4 is 37.7 Å². The summed E-state index contributed by atoms with van der Waals surface area (Å²) in [6, 6.07) is 39.0. The average molecular weight is 958 g/mol. The molecule has 6 aromatic carbocycles. The molecule has 1 nitrogen and oxygen atoms in total. The Bertz CT molecular complexity index is 2990. The summed E-state index contributed by atoms with van der Waals surface area (Å²) < 4.78 is 0. The van der Waals surface area contributed by atoms with Gasteiger partial charge in [0.2, 0.25) is 13.4 Å². The molecule has 0 N–H and O–H groups in total. The van der Waals surface area contributed by atoms with E-state index in [0.29, 0.717) is 0 Å². The van der Waals surface area contributed by atoms with Crippen LogP contribution in [0.25, 0.3) is 11.1 Å². The summed E-state index contributed by atoms with van der Waals surface area (Å²) in [6.45, 7) is 28.9. The highest BCUT2D eigenvalue weighted by atomic mass is 15.2. The second-order valence-corrected chi connectivity index (χ2v) is 29.0. The molecule has 2 heterocycles. The smallest absolute Gasteiger partial charge is 0.247 e. The monoisotopic (exact) mass is 958 g/mol. The number of aryl methyl sites for hydroxylation is 6. The minimum Gasteiger partial charge on any atom is -0.313 e. The van der Waals surface area contributed by atoms with E-state index in [-0.39, 0.29) is 35.1 Å². The quantitative estimate of drug-likeness (QED) is 0.155. The predicted octanol–water partition coefficient (Wildman–Crippen LogP) is 13.9. The van der Waals surface area contributed by atoms with Crippen molar-refractivity contribution in [3.8, 4) is 11.1 Å². The van der Waals surface area contributed by atoms with Gasteiger partial charge in [-0.15, -0.1) is 0 Å². The molecular formula is C70H81B2N. The molecule has 16 rings (SSSR count). The number of fused-ring (bicyclic) bond motifs is 4. The van der Waals surface area contributed by atoms with Gasteiger partial charge in [-0.25, -0.2) is 0 Å². The molecule has 2 aliphatic heterocycles. The summed E-state index contributed by atoms with van der Waals surface area (Å²) in [6.07, 6.45) is 17.2. The molecule has 0 radical (unpaired) electrons. The standard InChI is InChI=1S/C70H81B2N/c1-40-20-42(3)64(43(4)21-40)71-57-32-53(67(7,8)9)16-18-61(57)73-62-19-17-54(68(10,11)12)33-58(62)72(65-44(5)22-41(2)23-45(65)6)60-31-52(30-59(71)66(60)73)63-55(69-34-46-24-47(35-69)26-48(25-46)36-69)14-13-15-56(63)70-37-49-27-50(38-70)29-51(28-49)39-70/h13-23,30-33,46-51H,24-29,34-39H2,1-12H3. The van der Waals surface area contributed by atoms with Crippen LogP contribution in [0.15, 0.2) is 91.0 Å². The summed E-state index contributed by atoms with van der Waals surface area (Å²) >= 11 is 0. The minimum absolute atomic E-state index is 0.000792. The van der Waals surface area contributed by atoms with Crippen LogP contribution in [0.5, 0.6) is 0 Å². The van der Waals surface area contributed by atoms with Gasteiger partial charge in [-0.05, 0) is 243 Å². The molecule has 3 heteroatoms. The minimum atomic E-state index is 0.000792. The third-order valence-corrected chi connectivity index (χ3v) is 21.5. The van der Waals surface area contributed by atoms with Gasteiger partial charge < -0.3 is 4.90 Å². The van der Waals surface area contributed by atoms with Crippen molar-refractivity contribution in [1.29, 1.82) is 0 Å². The van der Waals surface area contributed by atoms with Crippen LogP contribution in [0.2, 0.25) is 0 Å². The molecule has 73 heavy (non-hydrogen) atoms. The van der Waals surface area contributed by atoms with Crippen LogP contribution in [0.4, 0.5) is 17.1 Å². The van der Waals surface area contributed by atoms with Crippen molar-refractivity contribution in [3.63, 3.8) is 0 Å². The first-order chi connectivity index (χ1) is 34.7. The fourth-order valence-electron chi connectivity index (χ4n) is 19.7. The molecular weight excluding hydrogens is 876 g/mol. The van der Waals surface area contributed by atoms with E-state index < -0.39 is 0 Å². The lowest BCUT2D eigenvalue weighted by atomic mass is 9.29. The summed E-state index contributed by atoms with van der Waals surface area (Å²) in [4.78, 5) is 2.79. The highest BCUT2D eigenvalue weighted by Gasteiger charge is 2.56. The van der Waals surface area contributed by atoms with E-state index in [2.05, 4.69) is 179 Å². The molecule has 8 fully saturated rings. The van der Waals surface area contributed by atoms with Crippen LogP contribution in [0, 0.1) is 77.0 Å². The van der Waals surface area contributed by atoms with Crippen molar-refractivity contribution in [3.05, 3.63) is 147 Å². The third kappa shape index (κ3) is 7.07. The number of hydrogen-bond acceptors (Lipinski definition) is 1. The zero-order valence-corrected chi connectivity index (χ0v) is 46.7. The lowest BCUT2D eigenvalue weighted by Crippen LogP contribution is -2.66. The van der Waals surface area contributed by atoms with Crippen LogP contribution in [-0.4, -0.2) is 13.4 Å². The number of anilines is 3. The van der Waals surface area contributed by atoms with Crippen molar-refractivity contribution in [1.82, 2.24) is 0 Å². The van der Waals surface area contributed by atoms with Gasteiger partial charge in [0.25, 0.3) is 0 Å². The number of rotatable bonds is 5. The van der Waals surface area contributed by atoms with E-state index in [9.17, 15) is 0 Å². The highest BCUT2D eigenvalue weighted by Crippen LogP contribution is 2.65. The van der Waals surface area contributed by atoms with Gasteiger partial charge in [0, 0.05) is 17.1 Å². The Labute approximate surface area is 440 Å². The van der Waals surface area contributed by atoms with E-state index in [1.54, 1.807) is 16.7 Å². The Morgan fingerprint density at radius 3 is 1.10 bits per heavy atom. The molecule has 6 aromatic rings. The Kier molecular flexibility index (Phi) is 10.2. The maximum Gasteiger partial charge on any atom is 0.247 e. The molecule has 0 spiro atoms. The van der Waals surface area contributed by atoms with Gasteiger partial charge in [-0.3, -0.25) is 0 Å².